The highest BCUT2D eigenvalue weighted by atomic mass is 19.1. The molecule has 9 heteroatoms. The summed E-state index contributed by atoms with van der Waals surface area (Å²) in [5.41, 5.74) is 0.553. The number of hydrogen-bond donors (Lipinski definition) is 3. The molecule has 0 radical (unpaired) electrons. The van der Waals surface area contributed by atoms with Crippen molar-refractivity contribution in [1.82, 2.24) is 20.2 Å². The zero-order chi connectivity index (χ0) is 24.2. The van der Waals surface area contributed by atoms with Gasteiger partial charge in [0.2, 0.25) is 0 Å². The minimum atomic E-state index is -0.843. The van der Waals surface area contributed by atoms with E-state index in [-0.39, 0.29) is 24.2 Å². The number of hydrogen-bond acceptors (Lipinski definition) is 5. The van der Waals surface area contributed by atoms with Gasteiger partial charge in [0, 0.05) is 25.4 Å². The maximum Gasteiger partial charge on any atom is 0.268 e. The van der Waals surface area contributed by atoms with Gasteiger partial charge in [0.25, 0.3) is 17.4 Å². The van der Waals surface area contributed by atoms with Crippen molar-refractivity contribution in [3.63, 3.8) is 0 Å². The molecule has 3 N–H and O–H groups in total. The summed E-state index contributed by atoms with van der Waals surface area (Å²) < 4.78 is 15.0. The van der Waals surface area contributed by atoms with E-state index in [2.05, 4.69) is 15.6 Å². The lowest BCUT2D eigenvalue weighted by atomic mass is 10.1. The molecule has 0 saturated carbocycles. The lowest BCUT2D eigenvalue weighted by molar-refractivity contribution is 0.0936. The Morgan fingerprint density at radius 3 is 2.56 bits per heavy atom. The van der Waals surface area contributed by atoms with E-state index in [4.69, 9.17) is 0 Å². The van der Waals surface area contributed by atoms with E-state index in [0.717, 1.165) is 17.7 Å². The molecule has 2 amide bonds. The van der Waals surface area contributed by atoms with Crippen LogP contribution in [0.1, 0.15) is 31.8 Å². The van der Waals surface area contributed by atoms with Crippen molar-refractivity contribution in [2.45, 2.75) is 13.1 Å². The second-order valence-electron chi connectivity index (χ2n) is 7.53. The average molecular weight is 460 g/mol. The first kappa shape index (κ1) is 22.7. The Hall–Kier alpha value is -4.53. The first-order valence-electron chi connectivity index (χ1n) is 10.4. The van der Waals surface area contributed by atoms with Crippen molar-refractivity contribution in [3.8, 4) is 5.75 Å². The molecular weight excluding hydrogens is 439 g/mol. The summed E-state index contributed by atoms with van der Waals surface area (Å²) in [4.78, 5) is 42.6. The van der Waals surface area contributed by atoms with Crippen LogP contribution in [0.3, 0.4) is 0 Å². The third-order valence-electron chi connectivity index (χ3n) is 5.39. The predicted molar refractivity (Wildman–Crippen MR) is 124 cm³/mol. The lowest BCUT2D eigenvalue weighted by Crippen LogP contribution is -2.34. The number of nitrogens with zero attached hydrogens (tertiary/aromatic N) is 2. The van der Waals surface area contributed by atoms with Crippen molar-refractivity contribution in [3.05, 3.63) is 105 Å². The third-order valence-corrected chi connectivity index (χ3v) is 5.39. The van der Waals surface area contributed by atoms with Crippen molar-refractivity contribution in [2.24, 2.45) is 0 Å². The van der Waals surface area contributed by atoms with Crippen LogP contribution in [0.4, 0.5) is 4.39 Å². The summed E-state index contributed by atoms with van der Waals surface area (Å²) in [5, 5.41) is 15.7. The van der Waals surface area contributed by atoms with Gasteiger partial charge in [0.15, 0.2) is 5.75 Å². The molecule has 4 aromatic rings. The summed E-state index contributed by atoms with van der Waals surface area (Å²) >= 11 is 0. The maximum atomic E-state index is 13.6. The Morgan fingerprint density at radius 1 is 1.06 bits per heavy atom. The van der Waals surface area contributed by atoms with Crippen LogP contribution >= 0.6 is 0 Å². The summed E-state index contributed by atoms with van der Waals surface area (Å²) in [6.07, 6.45) is 1.45. The van der Waals surface area contributed by atoms with Gasteiger partial charge in [-0.1, -0.05) is 36.4 Å². The molecule has 0 fully saturated rings. The Balaban J connectivity index is 1.73. The summed E-state index contributed by atoms with van der Waals surface area (Å²) in [6, 6.07) is 16.1. The van der Waals surface area contributed by atoms with Crippen LogP contribution in [0.15, 0.2) is 71.7 Å². The van der Waals surface area contributed by atoms with Crippen LogP contribution in [0.25, 0.3) is 11.0 Å². The Bertz CT molecular complexity index is 1450. The van der Waals surface area contributed by atoms with Gasteiger partial charge in [-0.3, -0.25) is 19.4 Å². The summed E-state index contributed by atoms with van der Waals surface area (Å²) in [7, 11) is 1.41. The molecule has 34 heavy (non-hydrogen) atoms. The van der Waals surface area contributed by atoms with Gasteiger partial charge < -0.3 is 20.3 Å². The molecular formula is C25H21FN4O4. The van der Waals surface area contributed by atoms with Crippen LogP contribution in [0.2, 0.25) is 0 Å². The minimum Gasteiger partial charge on any atom is -0.505 e. The van der Waals surface area contributed by atoms with E-state index in [0.29, 0.717) is 11.1 Å². The number of fused-ring (bicyclic) bond motifs is 1. The van der Waals surface area contributed by atoms with E-state index in [1.54, 1.807) is 12.1 Å². The Morgan fingerprint density at radius 2 is 1.82 bits per heavy atom. The summed E-state index contributed by atoms with van der Waals surface area (Å²) in [5.74, 6) is -2.50. The molecule has 0 aliphatic heterocycles. The maximum absolute atomic E-state index is 13.6. The summed E-state index contributed by atoms with van der Waals surface area (Å²) in [6.45, 7) is 0.000888. The van der Waals surface area contributed by atoms with E-state index in [1.807, 2.05) is 30.3 Å². The van der Waals surface area contributed by atoms with Gasteiger partial charge in [0.1, 0.15) is 16.9 Å². The molecule has 2 heterocycles. The van der Waals surface area contributed by atoms with Gasteiger partial charge in [0.05, 0.1) is 12.1 Å². The number of rotatable bonds is 6. The minimum absolute atomic E-state index is 0.0497. The van der Waals surface area contributed by atoms with Crippen LogP contribution < -0.4 is 16.2 Å². The zero-order valence-corrected chi connectivity index (χ0v) is 18.2. The predicted octanol–water partition coefficient (Wildman–Crippen LogP) is 2.58. The number of amides is 2. The van der Waals surface area contributed by atoms with Gasteiger partial charge in [-0.2, -0.15) is 0 Å². The topological polar surface area (TPSA) is 113 Å². The standard InChI is InChI=1S/C25H21FN4O4/c1-27-23(32)18-12-17(26)10-9-16(18)13-29-24(33)20-22(31)21-19(8-5-11-28-21)30(25(20)34)14-15-6-3-2-4-7-15/h2-12,31H,13-14H2,1H3,(H,27,32)(H,29,33). The fourth-order valence-electron chi connectivity index (χ4n) is 3.70. The molecule has 2 aromatic heterocycles. The molecule has 0 atom stereocenters. The number of aromatic hydroxyl groups is 1. The molecule has 0 aliphatic rings. The number of aromatic nitrogens is 2. The van der Waals surface area contributed by atoms with Gasteiger partial charge in [-0.05, 0) is 35.4 Å². The highest BCUT2D eigenvalue weighted by Crippen LogP contribution is 2.25. The SMILES string of the molecule is CNC(=O)c1cc(F)ccc1CNC(=O)c1c(O)c2ncccc2n(Cc2ccccc2)c1=O. The molecule has 0 bridgehead atoms. The Labute approximate surface area is 193 Å². The average Bonchev–Trinajstić information content (AvgIpc) is 2.86. The van der Waals surface area contributed by atoms with Crippen LogP contribution in [0, 0.1) is 5.82 Å². The second-order valence-corrected chi connectivity index (χ2v) is 7.53. The molecule has 0 saturated heterocycles. The van der Waals surface area contributed by atoms with E-state index < -0.39 is 34.5 Å². The third kappa shape index (κ3) is 4.36. The van der Waals surface area contributed by atoms with E-state index >= 15 is 0 Å². The van der Waals surface area contributed by atoms with Gasteiger partial charge in [-0.15, -0.1) is 0 Å². The first-order valence-corrected chi connectivity index (χ1v) is 10.4. The van der Waals surface area contributed by atoms with Crippen LogP contribution in [-0.4, -0.2) is 33.5 Å². The van der Waals surface area contributed by atoms with Crippen molar-refractivity contribution in [2.75, 3.05) is 7.05 Å². The fourth-order valence-corrected chi connectivity index (χ4v) is 3.70. The van der Waals surface area contributed by atoms with E-state index in [9.17, 15) is 23.9 Å². The fraction of sp³-hybridized carbons (Fsp3) is 0.120. The molecule has 2 aromatic carbocycles. The van der Waals surface area contributed by atoms with Crippen LogP contribution in [-0.2, 0) is 13.1 Å². The number of benzene rings is 2. The Kier molecular flexibility index (Phi) is 6.35. The van der Waals surface area contributed by atoms with E-state index in [1.165, 1.54) is 23.9 Å². The molecule has 0 spiro atoms. The monoisotopic (exact) mass is 460 g/mol. The largest absolute Gasteiger partial charge is 0.505 e. The number of carbonyl (C=O) groups is 2. The van der Waals surface area contributed by atoms with Crippen molar-refractivity contribution < 1.29 is 19.1 Å². The first-order chi connectivity index (χ1) is 16.4. The highest BCUT2D eigenvalue weighted by Gasteiger charge is 2.23. The number of carbonyl (C=O) groups excluding carboxylic acids is 2. The molecule has 8 nitrogen and oxygen atoms in total. The molecule has 0 aliphatic carbocycles. The van der Waals surface area contributed by atoms with Gasteiger partial charge >= 0.3 is 0 Å². The second kappa shape index (κ2) is 9.53. The molecule has 0 unspecified atom stereocenters. The normalized spacial score (nSPS) is 10.8. The highest BCUT2D eigenvalue weighted by molar-refractivity contribution is 6.01. The smallest absolute Gasteiger partial charge is 0.268 e. The van der Waals surface area contributed by atoms with Gasteiger partial charge in [-0.25, -0.2) is 4.39 Å². The molecule has 172 valence electrons. The molecule has 4 rings (SSSR count). The number of halogens is 1. The lowest BCUT2D eigenvalue weighted by Gasteiger charge is -2.15. The number of nitrogens with one attached hydrogen (secondary N) is 2. The van der Waals surface area contributed by atoms with Crippen LogP contribution in [0.5, 0.6) is 5.75 Å². The quantitative estimate of drug-likeness (QED) is 0.409. The van der Waals surface area contributed by atoms with Crippen molar-refractivity contribution in [1.29, 1.82) is 0 Å². The number of pyridine rings is 2. The van der Waals surface area contributed by atoms with Crippen molar-refractivity contribution >= 4 is 22.8 Å². The zero-order valence-electron chi connectivity index (χ0n) is 18.2.